The van der Waals surface area contributed by atoms with E-state index in [4.69, 9.17) is 0 Å². The molecular formula is C24H39NO6. The van der Waals surface area contributed by atoms with Crippen molar-refractivity contribution in [3.63, 3.8) is 0 Å². The largest absolute Gasteiger partial charge is 0.481 e. The smallest absolute Gasteiger partial charge is 0.306 e. The second kappa shape index (κ2) is 11.3. The molecule has 3 aliphatic carbocycles. The Morgan fingerprint density at radius 3 is 0.903 bits per heavy atom. The zero-order chi connectivity index (χ0) is 22.4. The molecule has 3 rings (SSSR count). The van der Waals surface area contributed by atoms with Crippen molar-refractivity contribution >= 4 is 17.9 Å². The third-order valence-electron chi connectivity index (χ3n) is 8.14. The highest BCUT2D eigenvalue weighted by Gasteiger charge is 2.32. The van der Waals surface area contributed by atoms with Gasteiger partial charge in [-0.25, -0.2) is 0 Å². The highest BCUT2D eigenvalue weighted by molar-refractivity contribution is 5.70. The van der Waals surface area contributed by atoms with Crippen molar-refractivity contribution in [2.45, 2.75) is 77.0 Å². The van der Waals surface area contributed by atoms with E-state index in [0.29, 0.717) is 17.8 Å². The number of rotatable bonds is 9. The standard InChI is InChI=1S/C24H39NO6/c26-22(27)19-7-1-16(2-8-19)13-25(14-17-3-9-20(10-4-17)23(28)29)15-18-5-11-21(12-6-18)24(30)31/h16-21H,1-15H2,(H,26,27)(H,28,29)(H,30,31). The molecule has 0 aliphatic heterocycles. The number of hydrogen-bond donors (Lipinski definition) is 3. The van der Waals surface area contributed by atoms with Crippen LogP contribution in [0, 0.1) is 35.5 Å². The molecule has 0 bridgehead atoms. The topological polar surface area (TPSA) is 115 Å². The molecule has 3 aliphatic rings. The molecule has 0 unspecified atom stereocenters. The summed E-state index contributed by atoms with van der Waals surface area (Å²) in [5, 5.41) is 27.8. The van der Waals surface area contributed by atoms with E-state index in [1.54, 1.807) is 0 Å². The Bertz CT molecular complexity index is 528. The van der Waals surface area contributed by atoms with Gasteiger partial charge >= 0.3 is 17.9 Å². The summed E-state index contributed by atoms with van der Waals surface area (Å²) < 4.78 is 0. The lowest BCUT2D eigenvalue weighted by atomic mass is 9.79. The van der Waals surface area contributed by atoms with E-state index in [9.17, 15) is 29.7 Å². The van der Waals surface area contributed by atoms with Gasteiger partial charge in [0.15, 0.2) is 0 Å². The van der Waals surface area contributed by atoms with Crippen molar-refractivity contribution in [3.8, 4) is 0 Å². The molecule has 0 atom stereocenters. The summed E-state index contributed by atoms with van der Waals surface area (Å²) in [6.07, 6.45) is 10.4. The van der Waals surface area contributed by atoms with Gasteiger partial charge in [0.25, 0.3) is 0 Å². The molecule has 0 saturated heterocycles. The molecule has 0 amide bonds. The number of nitrogens with zero attached hydrogens (tertiary/aromatic N) is 1. The average molecular weight is 438 g/mol. The molecule has 0 heterocycles. The van der Waals surface area contributed by atoms with Gasteiger partial charge in [0.2, 0.25) is 0 Å². The second-order valence-electron chi connectivity index (χ2n) is 10.4. The molecule has 0 spiro atoms. The molecule has 31 heavy (non-hydrogen) atoms. The van der Waals surface area contributed by atoms with Crippen LogP contribution >= 0.6 is 0 Å². The molecule has 3 N–H and O–H groups in total. The first-order valence-electron chi connectivity index (χ1n) is 12.2. The fraction of sp³-hybridized carbons (Fsp3) is 0.875. The lowest BCUT2D eigenvalue weighted by Gasteiger charge is -2.38. The summed E-state index contributed by atoms with van der Waals surface area (Å²) in [5.41, 5.74) is 0. The summed E-state index contributed by atoms with van der Waals surface area (Å²) in [5.74, 6) is -0.988. The summed E-state index contributed by atoms with van der Waals surface area (Å²) in [6, 6.07) is 0. The Kier molecular flexibility index (Phi) is 8.76. The number of carboxylic acids is 3. The monoisotopic (exact) mass is 437 g/mol. The molecule has 7 nitrogen and oxygen atoms in total. The number of aliphatic carboxylic acids is 3. The summed E-state index contributed by atoms with van der Waals surface area (Å²) in [4.78, 5) is 36.3. The van der Waals surface area contributed by atoms with E-state index in [1.807, 2.05) is 0 Å². The van der Waals surface area contributed by atoms with Gasteiger partial charge in [-0.2, -0.15) is 0 Å². The molecule has 0 aromatic rings. The van der Waals surface area contributed by atoms with Crippen LogP contribution in [0.3, 0.4) is 0 Å². The van der Waals surface area contributed by atoms with Gasteiger partial charge < -0.3 is 20.2 Å². The minimum absolute atomic E-state index is 0.192. The van der Waals surface area contributed by atoms with E-state index >= 15 is 0 Å². The average Bonchev–Trinajstić information content (AvgIpc) is 2.75. The summed E-state index contributed by atoms with van der Waals surface area (Å²) >= 11 is 0. The van der Waals surface area contributed by atoms with Crippen LogP contribution in [-0.4, -0.2) is 57.8 Å². The first-order chi connectivity index (χ1) is 14.8. The highest BCUT2D eigenvalue weighted by atomic mass is 16.4. The van der Waals surface area contributed by atoms with Gasteiger partial charge in [0.1, 0.15) is 0 Å². The van der Waals surface area contributed by atoms with Crippen LogP contribution in [0.2, 0.25) is 0 Å². The number of carboxylic acid groups (broad SMARTS) is 3. The lowest BCUT2D eigenvalue weighted by molar-refractivity contribution is -0.144. The lowest BCUT2D eigenvalue weighted by Crippen LogP contribution is -2.40. The predicted octanol–water partition coefficient (Wildman–Crippen LogP) is 3.96. The highest BCUT2D eigenvalue weighted by Crippen LogP contribution is 2.34. The zero-order valence-corrected chi connectivity index (χ0v) is 18.6. The van der Waals surface area contributed by atoms with Gasteiger partial charge in [0, 0.05) is 19.6 Å². The maximum atomic E-state index is 11.3. The fourth-order valence-electron chi connectivity index (χ4n) is 6.09. The van der Waals surface area contributed by atoms with Crippen LogP contribution in [0.1, 0.15) is 77.0 Å². The van der Waals surface area contributed by atoms with Crippen LogP contribution in [-0.2, 0) is 14.4 Å². The predicted molar refractivity (Wildman–Crippen MR) is 116 cm³/mol. The van der Waals surface area contributed by atoms with E-state index in [1.165, 1.54) is 0 Å². The first-order valence-corrected chi connectivity index (χ1v) is 12.2. The Labute approximate surface area is 185 Å². The molecule has 0 radical (unpaired) electrons. The Hall–Kier alpha value is -1.63. The quantitative estimate of drug-likeness (QED) is 0.500. The van der Waals surface area contributed by atoms with Gasteiger partial charge in [-0.1, -0.05) is 0 Å². The van der Waals surface area contributed by atoms with Crippen molar-refractivity contribution in [1.82, 2.24) is 4.90 Å². The zero-order valence-electron chi connectivity index (χ0n) is 18.6. The Balaban J connectivity index is 1.53. The van der Waals surface area contributed by atoms with Crippen molar-refractivity contribution in [2.24, 2.45) is 35.5 Å². The molecule has 0 aromatic carbocycles. The summed E-state index contributed by atoms with van der Waals surface area (Å²) in [6.45, 7) is 2.97. The van der Waals surface area contributed by atoms with E-state index in [0.717, 1.165) is 96.7 Å². The minimum Gasteiger partial charge on any atom is -0.481 e. The number of hydrogen-bond acceptors (Lipinski definition) is 4. The molecule has 7 heteroatoms. The molecule has 3 fully saturated rings. The molecule has 176 valence electrons. The number of carbonyl (C=O) groups is 3. The van der Waals surface area contributed by atoms with Crippen LogP contribution in [0.4, 0.5) is 0 Å². The summed E-state index contributed by atoms with van der Waals surface area (Å²) in [7, 11) is 0. The van der Waals surface area contributed by atoms with Crippen LogP contribution in [0.15, 0.2) is 0 Å². The van der Waals surface area contributed by atoms with Gasteiger partial charge in [0.05, 0.1) is 17.8 Å². The van der Waals surface area contributed by atoms with E-state index in [2.05, 4.69) is 4.90 Å². The van der Waals surface area contributed by atoms with Gasteiger partial charge in [-0.05, 0) is 94.8 Å². The maximum absolute atomic E-state index is 11.3. The van der Waals surface area contributed by atoms with Crippen molar-refractivity contribution in [3.05, 3.63) is 0 Å². The van der Waals surface area contributed by atoms with Crippen LogP contribution < -0.4 is 0 Å². The van der Waals surface area contributed by atoms with E-state index in [-0.39, 0.29) is 17.8 Å². The molecule has 0 aromatic heterocycles. The Morgan fingerprint density at radius 2 is 0.710 bits per heavy atom. The second-order valence-corrected chi connectivity index (χ2v) is 10.4. The van der Waals surface area contributed by atoms with Crippen molar-refractivity contribution in [2.75, 3.05) is 19.6 Å². The molecular weight excluding hydrogens is 398 g/mol. The first kappa shape index (κ1) is 24.0. The maximum Gasteiger partial charge on any atom is 0.306 e. The van der Waals surface area contributed by atoms with Crippen molar-refractivity contribution < 1.29 is 29.7 Å². The fourth-order valence-corrected chi connectivity index (χ4v) is 6.09. The normalized spacial score (nSPS) is 34.4. The third-order valence-corrected chi connectivity index (χ3v) is 8.14. The third kappa shape index (κ3) is 7.19. The van der Waals surface area contributed by atoms with Crippen LogP contribution in [0.5, 0.6) is 0 Å². The van der Waals surface area contributed by atoms with Gasteiger partial charge in [-0.3, -0.25) is 14.4 Å². The van der Waals surface area contributed by atoms with E-state index < -0.39 is 17.9 Å². The van der Waals surface area contributed by atoms with Crippen LogP contribution in [0.25, 0.3) is 0 Å². The minimum atomic E-state index is -0.666. The van der Waals surface area contributed by atoms with Gasteiger partial charge in [-0.15, -0.1) is 0 Å². The van der Waals surface area contributed by atoms with Crippen molar-refractivity contribution in [1.29, 1.82) is 0 Å². The molecule has 3 saturated carbocycles. The Morgan fingerprint density at radius 1 is 0.484 bits per heavy atom. The SMILES string of the molecule is O=C(O)C1CCC(CN(CC2CCC(C(=O)O)CC2)CC2CCC(C(=O)O)CC2)CC1.